The fourth-order valence-electron chi connectivity index (χ4n) is 1.50. The first-order valence-electron chi connectivity index (χ1n) is 4.85. The number of rotatable bonds is 3. The van der Waals surface area contributed by atoms with Gasteiger partial charge in [-0.25, -0.2) is 0 Å². The van der Waals surface area contributed by atoms with Gasteiger partial charge in [0.05, 0.1) is 32.0 Å². The number of nitrogens with two attached hydrogens (primary N) is 1. The zero-order chi connectivity index (χ0) is 9.80. The van der Waals surface area contributed by atoms with Crippen molar-refractivity contribution in [2.75, 3.05) is 13.2 Å². The minimum atomic E-state index is 0. The van der Waals surface area contributed by atoms with Gasteiger partial charge >= 0.3 is 0 Å². The van der Waals surface area contributed by atoms with Crippen LogP contribution >= 0.6 is 12.4 Å². The second-order valence-electron chi connectivity index (χ2n) is 3.54. The Kier molecular flexibility index (Phi) is 5.05. The van der Waals surface area contributed by atoms with E-state index >= 15 is 0 Å². The van der Waals surface area contributed by atoms with Crippen LogP contribution in [0.1, 0.15) is 5.56 Å². The molecule has 0 radical (unpaired) electrons. The van der Waals surface area contributed by atoms with Crippen LogP contribution in [0.4, 0.5) is 0 Å². The summed E-state index contributed by atoms with van der Waals surface area (Å²) < 4.78 is 10.9. The monoisotopic (exact) mass is 229 g/mol. The summed E-state index contributed by atoms with van der Waals surface area (Å²) in [4.78, 5) is 0. The van der Waals surface area contributed by atoms with E-state index in [4.69, 9.17) is 15.2 Å². The molecule has 3 nitrogen and oxygen atoms in total. The average molecular weight is 230 g/mol. The summed E-state index contributed by atoms with van der Waals surface area (Å²) in [5.41, 5.74) is 6.97. The van der Waals surface area contributed by atoms with Crippen molar-refractivity contribution in [2.45, 2.75) is 18.8 Å². The topological polar surface area (TPSA) is 44.5 Å². The minimum absolute atomic E-state index is 0. The van der Waals surface area contributed by atoms with Crippen molar-refractivity contribution in [1.29, 1.82) is 0 Å². The van der Waals surface area contributed by atoms with Crippen LogP contribution in [0.3, 0.4) is 0 Å². The van der Waals surface area contributed by atoms with Gasteiger partial charge in [-0.2, -0.15) is 0 Å². The predicted octanol–water partition coefficient (Wildman–Crippen LogP) is 1.35. The van der Waals surface area contributed by atoms with Crippen LogP contribution in [0.25, 0.3) is 0 Å². The number of ether oxygens (including phenoxy) is 2. The van der Waals surface area contributed by atoms with E-state index < -0.39 is 0 Å². The molecule has 0 aromatic heterocycles. The number of benzene rings is 1. The van der Waals surface area contributed by atoms with E-state index in [0.717, 1.165) is 0 Å². The molecule has 1 saturated heterocycles. The van der Waals surface area contributed by atoms with Crippen LogP contribution in [0.2, 0.25) is 0 Å². The average Bonchev–Trinajstić information content (AvgIpc) is 2.63. The van der Waals surface area contributed by atoms with Crippen molar-refractivity contribution in [1.82, 2.24) is 0 Å². The van der Waals surface area contributed by atoms with Crippen LogP contribution in [0.15, 0.2) is 30.3 Å². The van der Waals surface area contributed by atoms with E-state index in [1.165, 1.54) is 5.56 Å². The van der Waals surface area contributed by atoms with Gasteiger partial charge in [0, 0.05) is 0 Å². The molecule has 0 bridgehead atoms. The zero-order valence-corrected chi connectivity index (χ0v) is 9.28. The van der Waals surface area contributed by atoms with Crippen molar-refractivity contribution in [2.24, 2.45) is 5.73 Å². The van der Waals surface area contributed by atoms with Crippen molar-refractivity contribution in [3.63, 3.8) is 0 Å². The molecule has 1 heterocycles. The Morgan fingerprint density at radius 2 is 2.00 bits per heavy atom. The Labute approximate surface area is 96.0 Å². The Morgan fingerprint density at radius 3 is 2.60 bits per heavy atom. The summed E-state index contributed by atoms with van der Waals surface area (Å²) in [6, 6.07) is 10.1. The highest BCUT2D eigenvalue weighted by atomic mass is 35.5. The first-order chi connectivity index (χ1) is 6.86. The smallest absolute Gasteiger partial charge is 0.0985 e. The molecule has 0 spiro atoms. The Bertz CT molecular complexity index is 281. The lowest BCUT2D eigenvalue weighted by atomic mass is 10.2. The highest BCUT2D eigenvalue weighted by Crippen LogP contribution is 2.10. The third kappa shape index (κ3) is 3.47. The number of halogens is 1. The van der Waals surface area contributed by atoms with E-state index in [1.807, 2.05) is 30.3 Å². The van der Waals surface area contributed by atoms with Crippen molar-refractivity contribution >= 4 is 12.4 Å². The van der Waals surface area contributed by atoms with E-state index in [9.17, 15) is 0 Å². The highest BCUT2D eigenvalue weighted by molar-refractivity contribution is 5.85. The predicted molar refractivity (Wildman–Crippen MR) is 61.1 cm³/mol. The molecule has 4 heteroatoms. The highest BCUT2D eigenvalue weighted by Gasteiger charge is 2.25. The molecule has 2 rings (SSSR count). The second kappa shape index (κ2) is 6.08. The molecule has 1 aliphatic heterocycles. The van der Waals surface area contributed by atoms with Crippen molar-refractivity contribution < 1.29 is 9.47 Å². The van der Waals surface area contributed by atoms with Gasteiger partial charge in [0.15, 0.2) is 0 Å². The van der Waals surface area contributed by atoms with Gasteiger partial charge in [-0.05, 0) is 5.56 Å². The van der Waals surface area contributed by atoms with Crippen LogP contribution in [0.5, 0.6) is 0 Å². The normalized spacial score (nSPS) is 24.9. The van der Waals surface area contributed by atoms with Crippen LogP contribution < -0.4 is 5.73 Å². The van der Waals surface area contributed by atoms with Crippen LogP contribution in [-0.2, 0) is 16.1 Å². The minimum Gasteiger partial charge on any atom is -0.377 e. The van der Waals surface area contributed by atoms with Crippen molar-refractivity contribution in [3.05, 3.63) is 35.9 Å². The van der Waals surface area contributed by atoms with E-state index in [-0.39, 0.29) is 24.6 Å². The fraction of sp³-hybridized carbons (Fsp3) is 0.455. The Balaban J connectivity index is 0.00000112. The Morgan fingerprint density at radius 1 is 1.27 bits per heavy atom. The van der Waals surface area contributed by atoms with E-state index in [1.54, 1.807) is 0 Å². The van der Waals surface area contributed by atoms with Gasteiger partial charge in [-0.1, -0.05) is 30.3 Å². The molecule has 2 N–H and O–H groups in total. The van der Waals surface area contributed by atoms with Crippen LogP contribution in [0, 0.1) is 0 Å². The van der Waals surface area contributed by atoms with Crippen LogP contribution in [-0.4, -0.2) is 25.4 Å². The lowest BCUT2D eigenvalue weighted by Crippen LogP contribution is -2.34. The van der Waals surface area contributed by atoms with Gasteiger partial charge in [-0.15, -0.1) is 12.4 Å². The molecular formula is C11H16ClNO2. The lowest BCUT2D eigenvalue weighted by Gasteiger charge is -2.14. The van der Waals surface area contributed by atoms with E-state index in [0.29, 0.717) is 19.8 Å². The summed E-state index contributed by atoms with van der Waals surface area (Å²) in [5.74, 6) is 0. The lowest BCUT2D eigenvalue weighted by molar-refractivity contribution is 0.0265. The zero-order valence-electron chi connectivity index (χ0n) is 8.46. The molecule has 0 amide bonds. The van der Waals surface area contributed by atoms with Gasteiger partial charge in [0.1, 0.15) is 0 Å². The summed E-state index contributed by atoms with van der Waals surface area (Å²) in [6.45, 7) is 1.84. The van der Waals surface area contributed by atoms with E-state index in [2.05, 4.69) is 0 Å². The van der Waals surface area contributed by atoms with Gasteiger partial charge in [-0.3, -0.25) is 0 Å². The molecule has 0 unspecified atom stereocenters. The summed E-state index contributed by atoms with van der Waals surface area (Å²) in [6.07, 6.45) is 0.0511. The molecule has 0 saturated carbocycles. The SMILES string of the molecule is Cl.N[C@@H]1COC[C@H]1OCc1ccccc1. The maximum atomic E-state index is 5.79. The quantitative estimate of drug-likeness (QED) is 0.851. The number of hydrogen-bond donors (Lipinski definition) is 1. The number of hydrogen-bond acceptors (Lipinski definition) is 3. The molecule has 1 aromatic rings. The second-order valence-corrected chi connectivity index (χ2v) is 3.54. The molecule has 0 aliphatic carbocycles. The molecule has 15 heavy (non-hydrogen) atoms. The molecule has 1 fully saturated rings. The van der Waals surface area contributed by atoms with Crippen molar-refractivity contribution in [3.8, 4) is 0 Å². The summed E-state index contributed by atoms with van der Waals surface area (Å²) in [5, 5.41) is 0. The first-order valence-corrected chi connectivity index (χ1v) is 4.85. The third-order valence-corrected chi connectivity index (χ3v) is 2.38. The molecule has 2 atom stereocenters. The summed E-state index contributed by atoms with van der Waals surface area (Å²) >= 11 is 0. The first kappa shape index (κ1) is 12.5. The van der Waals surface area contributed by atoms with Gasteiger partial charge < -0.3 is 15.2 Å². The fourth-order valence-corrected chi connectivity index (χ4v) is 1.50. The standard InChI is InChI=1S/C11H15NO2.ClH/c12-10-7-13-8-11(10)14-6-9-4-2-1-3-5-9;/h1-5,10-11H,6-8,12H2;1H/t10-,11-;/m1./s1. The summed E-state index contributed by atoms with van der Waals surface area (Å²) in [7, 11) is 0. The van der Waals surface area contributed by atoms with Gasteiger partial charge in [0.2, 0.25) is 0 Å². The molecule has 1 aromatic carbocycles. The molecule has 84 valence electrons. The largest absolute Gasteiger partial charge is 0.377 e. The Hall–Kier alpha value is -0.610. The van der Waals surface area contributed by atoms with Gasteiger partial charge in [0.25, 0.3) is 0 Å². The maximum Gasteiger partial charge on any atom is 0.0985 e. The maximum absolute atomic E-state index is 5.79. The molecular weight excluding hydrogens is 214 g/mol. The molecule has 1 aliphatic rings. The third-order valence-electron chi connectivity index (χ3n) is 2.38.